The molecular weight excluding hydrogens is 314 g/mol. The minimum absolute atomic E-state index is 0.131. The molecule has 2 aromatic rings. The highest BCUT2D eigenvalue weighted by Crippen LogP contribution is 2.29. The van der Waals surface area contributed by atoms with Crippen molar-refractivity contribution in [1.29, 1.82) is 0 Å². The lowest BCUT2D eigenvalue weighted by molar-refractivity contribution is 0.0846. The molecule has 0 fully saturated rings. The summed E-state index contributed by atoms with van der Waals surface area (Å²) >= 11 is 1.48. The summed E-state index contributed by atoms with van der Waals surface area (Å²) in [5, 5.41) is 0. The molecule has 0 unspecified atom stereocenters. The van der Waals surface area contributed by atoms with Crippen molar-refractivity contribution in [2.75, 3.05) is 0 Å². The highest BCUT2D eigenvalue weighted by molar-refractivity contribution is 7.14. The molecule has 2 amide bonds. The molecule has 3 N–H and O–H groups in total. The number of aromatic amines is 1. The Hall–Kier alpha value is -2.41. The maximum atomic E-state index is 12.1. The van der Waals surface area contributed by atoms with Gasteiger partial charge in [-0.15, -0.1) is 11.3 Å². The van der Waals surface area contributed by atoms with Gasteiger partial charge in [-0.3, -0.25) is 25.2 Å². The molecule has 0 saturated heterocycles. The number of hydrogen-bond acceptors (Lipinski definition) is 4. The van der Waals surface area contributed by atoms with E-state index in [0.29, 0.717) is 10.4 Å². The molecule has 7 heteroatoms. The van der Waals surface area contributed by atoms with E-state index in [-0.39, 0.29) is 17.4 Å². The molecule has 0 atom stereocenters. The number of aromatic nitrogens is 1. The lowest BCUT2D eigenvalue weighted by Crippen LogP contribution is -2.41. The van der Waals surface area contributed by atoms with Crippen molar-refractivity contribution < 1.29 is 14.4 Å². The van der Waals surface area contributed by atoms with Crippen molar-refractivity contribution in [3.8, 4) is 0 Å². The smallest absolute Gasteiger partial charge is 0.286 e. The first-order valence-electron chi connectivity index (χ1n) is 7.46. The minimum Gasteiger partial charge on any atom is -0.356 e. The predicted molar refractivity (Wildman–Crippen MR) is 86.7 cm³/mol. The topological polar surface area (TPSA) is 91.1 Å². The number of Topliss-reactive ketones (excluding diaryl/α,β-unsaturated/α-hetero) is 1. The van der Waals surface area contributed by atoms with E-state index in [2.05, 4.69) is 15.8 Å². The van der Waals surface area contributed by atoms with Crippen LogP contribution in [-0.2, 0) is 12.8 Å². The van der Waals surface area contributed by atoms with Crippen molar-refractivity contribution >= 4 is 28.9 Å². The summed E-state index contributed by atoms with van der Waals surface area (Å²) in [6, 6.07) is 3.36. The van der Waals surface area contributed by atoms with E-state index in [4.69, 9.17) is 0 Å². The van der Waals surface area contributed by atoms with Gasteiger partial charge in [-0.05, 0) is 50.3 Å². The number of ketones is 1. The van der Waals surface area contributed by atoms with E-state index in [9.17, 15) is 14.4 Å². The van der Waals surface area contributed by atoms with E-state index >= 15 is 0 Å². The van der Waals surface area contributed by atoms with Gasteiger partial charge in [0.2, 0.25) is 0 Å². The van der Waals surface area contributed by atoms with Crippen LogP contribution in [-0.4, -0.2) is 22.6 Å². The summed E-state index contributed by atoms with van der Waals surface area (Å²) in [7, 11) is 0. The number of fused-ring (bicyclic) bond motifs is 1. The first-order chi connectivity index (χ1) is 11.0. The number of thiophene rings is 1. The Kier molecular flexibility index (Phi) is 4.29. The number of aryl methyl sites for hydroxylation is 2. The number of H-pyrrole nitrogens is 1. The van der Waals surface area contributed by atoms with Gasteiger partial charge in [0.15, 0.2) is 5.78 Å². The standard InChI is InChI=1S/C16H17N3O3S/c1-9(20)11-6-12(17-8-11)15(21)18-19-16(22)14-7-10-4-2-3-5-13(10)23-14/h6-8,17H,2-5H2,1H3,(H,18,21)(H,19,22). The molecule has 1 aliphatic carbocycles. The van der Waals surface area contributed by atoms with Crippen LogP contribution in [0.25, 0.3) is 0 Å². The van der Waals surface area contributed by atoms with Gasteiger partial charge < -0.3 is 4.98 Å². The van der Waals surface area contributed by atoms with Crippen molar-refractivity contribution in [2.45, 2.75) is 32.6 Å². The summed E-state index contributed by atoms with van der Waals surface area (Å²) in [5.74, 6) is -0.947. The summed E-state index contributed by atoms with van der Waals surface area (Å²) in [4.78, 5) is 39.9. The van der Waals surface area contributed by atoms with Crippen LogP contribution in [0.5, 0.6) is 0 Å². The van der Waals surface area contributed by atoms with Gasteiger partial charge in [0.25, 0.3) is 11.8 Å². The second-order valence-electron chi connectivity index (χ2n) is 5.53. The summed E-state index contributed by atoms with van der Waals surface area (Å²) in [6.45, 7) is 1.42. The summed E-state index contributed by atoms with van der Waals surface area (Å²) in [5.41, 5.74) is 6.66. The zero-order valence-electron chi connectivity index (χ0n) is 12.7. The van der Waals surface area contributed by atoms with Gasteiger partial charge in [0, 0.05) is 16.6 Å². The monoisotopic (exact) mass is 331 g/mol. The Morgan fingerprint density at radius 1 is 1.09 bits per heavy atom. The predicted octanol–water partition coefficient (Wildman–Crippen LogP) is 2.23. The number of hydrazine groups is 1. The van der Waals surface area contributed by atoms with E-state index in [1.807, 2.05) is 6.07 Å². The van der Waals surface area contributed by atoms with E-state index in [1.54, 1.807) is 0 Å². The molecule has 0 aliphatic heterocycles. The average molecular weight is 331 g/mol. The second kappa shape index (κ2) is 6.37. The fraction of sp³-hybridized carbons (Fsp3) is 0.312. The largest absolute Gasteiger partial charge is 0.356 e. The van der Waals surface area contributed by atoms with Crippen molar-refractivity contribution in [3.05, 3.63) is 44.9 Å². The minimum atomic E-state index is -0.493. The van der Waals surface area contributed by atoms with Crippen LogP contribution in [0.15, 0.2) is 18.3 Å². The third-order valence-corrected chi connectivity index (χ3v) is 5.08. The fourth-order valence-corrected chi connectivity index (χ4v) is 3.72. The van der Waals surface area contributed by atoms with Crippen molar-refractivity contribution in [1.82, 2.24) is 15.8 Å². The molecule has 0 radical (unpaired) electrons. The first kappa shape index (κ1) is 15.5. The summed E-state index contributed by atoms with van der Waals surface area (Å²) < 4.78 is 0. The SMILES string of the molecule is CC(=O)c1c[nH]c(C(=O)NNC(=O)c2cc3c(s2)CCCC3)c1. The number of amides is 2. The van der Waals surface area contributed by atoms with Gasteiger partial charge in [-0.2, -0.15) is 0 Å². The Labute approximate surface area is 137 Å². The third-order valence-electron chi connectivity index (χ3n) is 3.84. The number of rotatable bonds is 3. The molecule has 0 spiro atoms. The van der Waals surface area contributed by atoms with Crippen LogP contribution in [0.3, 0.4) is 0 Å². The number of hydrogen-bond donors (Lipinski definition) is 3. The van der Waals surface area contributed by atoms with Crippen LogP contribution >= 0.6 is 11.3 Å². The van der Waals surface area contributed by atoms with E-state index in [1.165, 1.54) is 41.0 Å². The van der Waals surface area contributed by atoms with Crippen molar-refractivity contribution in [2.24, 2.45) is 0 Å². The lowest BCUT2D eigenvalue weighted by Gasteiger charge is -2.08. The molecule has 0 aromatic carbocycles. The highest BCUT2D eigenvalue weighted by Gasteiger charge is 2.18. The maximum absolute atomic E-state index is 12.1. The Bertz CT molecular complexity index is 752. The van der Waals surface area contributed by atoms with Crippen LogP contribution in [0.1, 0.15) is 60.7 Å². The van der Waals surface area contributed by atoms with Crippen LogP contribution in [0.2, 0.25) is 0 Å². The molecular formula is C16H17N3O3S. The van der Waals surface area contributed by atoms with Gasteiger partial charge in [0.1, 0.15) is 5.69 Å². The van der Waals surface area contributed by atoms with Gasteiger partial charge in [-0.25, -0.2) is 0 Å². The fourth-order valence-electron chi connectivity index (χ4n) is 2.57. The number of nitrogens with one attached hydrogen (secondary N) is 3. The number of carbonyl (C=O) groups is 3. The molecule has 23 heavy (non-hydrogen) atoms. The Morgan fingerprint density at radius 2 is 1.83 bits per heavy atom. The zero-order valence-corrected chi connectivity index (χ0v) is 13.5. The van der Waals surface area contributed by atoms with Gasteiger partial charge >= 0.3 is 0 Å². The molecule has 3 rings (SSSR count). The average Bonchev–Trinajstić information content (AvgIpc) is 3.18. The first-order valence-corrected chi connectivity index (χ1v) is 8.28. The third kappa shape index (κ3) is 3.34. The molecule has 1 aliphatic rings. The van der Waals surface area contributed by atoms with Crippen LogP contribution in [0.4, 0.5) is 0 Å². The normalized spacial score (nSPS) is 13.3. The van der Waals surface area contributed by atoms with Crippen LogP contribution in [0, 0.1) is 0 Å². The molecule has 6 nitrogen and oxygen atoms in total. The number of carbonyl (C=O) groups excluding carboxylic acids is 3. The van der Waals surface area contributed by atoms with Crippen LogP contribution < -0.4 is 10.9 Å². The Morgan fingerprint density at radius 3 is 2.52 bits per heavy atom. The zero-order chi connectivity index (χ0) is 16.4. The lowest BCUT2D eigenvalue weighted by atomic mass is 9.99. The summed E-state index contributed by atoms with van der Waals surface area (Å²) in [6.07, 6.45) is 5.83. The molecule has 2 heterocycles. The van der Waals surface area contributed by atoms with Crippen molar-refractivity contribution in [3.63, 3.8) is 0 Å². The maximum Gasteiger partial charge on any atom is 0.286 e. The highest BCUT2D eigenvalue weighted by atomic mass is 32.1. The quantitative estimate of drug-likeness (QED) is 0.595. The molecule has 2 aromatic heterocycles. The Balaban J connectivity index is 1.60. The van der Waals surface area contributed by atoms with Gasteiger partial charge in [0.05, 0.1) is 4.88 Å². The second-order valence-corrected chi connectivity index (χ2v) is 6.67. The molecule has 0 bridgehead atoms. The van der Waals surface area contributed by atoms with E-state index in [0.717, 1.165) is 25.7 Å². The van der Waals surface area contributed by atoms with Gasteiger partial charge in [-0.1, -0.05) is 0 Å². The molecule has 0 saturated carbocycles. The van der Waals surface area contributed by atoms with E-state index < -0.39 is 5.91 Å². The molecule has 120 valence electrons.